The van der Waals surface area contributed by atoms with Crippen LogP contribution in [0.15, 0.2) is 0 Å². The van der Waals surface area contributed by atoms with E-state index in [-0.39, 0.29) is 5.91 Å². The van der Waals surface area contributed by atoms with Crippen LogP contribution in [0, 0.1) is 23.7 Å². The van der Waals surface area contributed by atoms with Gasteiger partial charge >= 0.3 is 0 Å². The number of hydrogen-bond donors (Lipinski definition) is 1. The maximum absolute atomic E-state index is 11.4. The predicted molar refractivity (Wildman–Crippen MR) is 88.1 cm³/mol. The van der Waals surface area contributed by atoms with Crippen LogP contribution in [0.4, 0.5) is 0 Å². The molecule has 0 aliphatic carbocycles. The molecule has 2 aliphatic heterocycles. The van der Waals surface area contributed by atoms with E-state index in [9.17, 15) is 4.79 Å². The summed E-state index contributed by atoms with van der Waals surface area (Å²) in [5.41, 5.74) is 0. The van der Waals surface area contributed by atoms with Crippen LogP contribution in [0.1, 0.15) is 59.8 Å². The summed E-state index contributed by atoms with van der Waals surface area (Å²) in [6, 6.07) is 0.715. The Hall–Kier alpha value is -0.570. The van der Waals surface area contributed by atoms with Gasteiger partial charge in [-0.3, -0.25) is 4.79 Å². The molecule has 0 saturated carbocycles. The first-order chi connectivity index (χ1) is 9.97. The topological polar surface area (TPSA) is 32.3 Å². The Morgan fingerprint density at radius 1 is 1.14 bits per heavy atom. The maximum Gasteiger partial charge on any atom is 0.219 e. The van der Waals surface area contributed by atoms with Crippen molar-refractivity contribution >= 4 is 5.91 Å². The van der Waals surface area contributed by atoms with E-state index >= 15 is 0 Å². The van der Waals surface area contributed by atoms with E-state index in [0.717, 1.165) is 36.8 Å². The van der Waals surface area contributed by atoms with Gasteiger partial charge in [0.25, 0.3) is 0 Å². The van der Waals surface area contributed by atoms with Gasteiger partial charge in [-0.25, -0.2) is 0 Å². The predicted octanol–water partition coefficient (Wildman–Crippen LogP) is 3.30. The number of nitrogens with zero attached hydrogens (tertiary/aromatic N) is 1. The van der Waals surface area contributed by atoms with Gasteiger partial charge in [-0.1, -0.05) is 20.8 Å². The van der Waals surface area contributed by atoms with E-state index in [4.69, 9.17) is 0 Å². The van der Waals surface area contributed by atoms with E-state index in [2.05, 4.69) is 26.1 Å². The SMILES string of the molecule is CC(=O)N1CCC(C(C)CC2CC(C(C)C)CCN2)CC1. The molecule has 2 fully saturated rings. The van der Waals surface area contributed by atoms with Crippen molar-refractivity contribution in [2.75, 3.05) is 19.6 Å². The monoisotopic (exact) mass is 294 g/mol. The zero-order valence-corrected chi connectivity index (χ0v) is 14.4. The first-order valence-corrected chi connectivity index (χ1v) is 8.96. The van der Waals surface area contributed by atoms with Gasteiger partial charge in [0.1, 0.15) is 0 Å². The lowest BCUT2D eigenvalue weighted by molar-refractivity contribution is -0.130. The summed E-state index contributed by atoms with van der Waals surface area (Å²) < 4.78 is 0. The van der Waals surface area contributed by atoms with Gasteiger partial charge in [-0.2, -0.15) is 0 Å². The number of hydrogen-bond acceptors (Lipinski definition) is 2. The van der Waals surface area contributed by atoms with Crippen LogP contribution in [0.25, 0.3) is 0 Å². The zero-order chi connectivity index (χ0) is 15.4. The molecule has 122 valence electrons. The van der Waals surface area contributed by atoms with Crippen molar-refractivity contribution in [3.8, 4) is 0 Å². The third-order valence-electron chi connectivity index (χ3n) is 5.92. The fourth-order valence-electron chi connectivity index (χ4n) is 4.25. The minimum absolute atomic E-state index is 0.245. The van der Waals surface area contributed by atoms with Crippen molar-refractivity contribution in [2.24, 2.45) is 23.7 Å². The van der Waals surface area contributed by atoms with Gasteiger partial charge in [0.05, 0.1) is 0 Å². The Morgan fingerprint density at radius 3 is 2.38 bits per heavy atom. The molecule has 2 saturated heterocycles. The molecule has 0 radical (unpaired) electrons. The lowest BCUT2D eigenvalue weighted by atomic mass is 9.77. The molecule has 0 aromatic carbocycles. The fraction of sp³-hybridized carbons (Fsp3) is 0.944. The van der Waals surface area contributed by atoms with Crippen molar-refractivity contribution in [3.63, 3.8) is 0 Å². The number of likely N-dealkylation sites (tertiary alicyclic amines) is 1. The highest BCUT2D eigenvalue weighted by Gasteiger charge is 2.29. The van der Waals surface area contributed by atoms with Crippen molar-refractivity contribution in [2.45, 2.75) is 65.8 Å². The Kier molecular flexibility index (Phi) is 6.09. The summed E-state index contributed by atoms with van der Waals surface area (Å²) in [5.74, 6) is 3.56. The average molecular weight is 294 g/mol. The lowest BCUT2D eigenvalue weighted by Crippen LogP contribution is -2.42. The Balaban J connectivity index is 1.76. The molecular weight excluding hydrogens is 260 g/mol. The smallest absolute Gasteiger partial charge is 0.219 e. The average Bonchev–Trinajstić information content (AvgIpc) is 2.47. The molecule has 0 spiro atoms. The van der Waals surface area contributed by atoms with Gasteiger partial charge in [-0.05, 0) is 62.3 Å². The number of piperidine rings is 2. The quantitative estimate of drug-likeness (QED) is 0.863. The van der Waals surface area contributed by atoms with E-state index < -0.39 is 0 Å². The highest BCUT2D eigenvalue weighted by molar-refractivity contribution is 5.73. The van der Waals surface area contributed by atoms with E-state index in [0.29, 0.717) is 6.04 Å². The number of carbonyl (C=O) groups excluding carboxylic acids is 1. The third kappa shape index (κ3) is 4.70. The largest absolute Gasteiger partial charge is 0.343 e. The van der Waals surface area contributed by atoms with E-state index in [1.807, 2.05) is 4.90 Å². The summed E-state index contributed by atoms with van der Waals surface area (Å²) in [7, 11) is 0. The van der Waals surface area contributed by atoms with Crippen molar-refractivity contribution in [3.05, 3.63) is 0 Å². The molecule has 1 amide bonds. The maximum atomic E-state index is 11.4. The second-order valence-corrected chi connectivity index (χ2v) is 7.74. The van der Waals surface area contributed by atoms with Crippen LogP contribution >= 0.6 is 0 Å². The summed E-state index contributed by atoms with van der Waals surface area (Å²) >= 11 is 0. The van der Waals surface area contributed by atoms with Gasteiger partial charge in [0.15, 0.2) is 0 Å². The van der Waals surface area contributed by atoms with Crippen LogP contribution in [0.5, 0.6) is 0 Å². The minimum Gasteiger partial charge on any atom is -0.343 e. The first kappa shape index (κ1) is 16.8. The van der Waals surface area contributed by atoms with Crippen LogP contribution < -0.4 is 5.32 Å². The highest BCUT2D eigenvalue weighted by Crippen LogP contribution is 2.32. The summed E-state index contributed by atoms with van der Waals surface area (Å²) in [6.07, 6.45) is 6.41. The molecule has 2 heterocycles. The normalized spacial score (nSPS) is 29.7. The standard InChI is InChI=1S/C18H34N2O/c1-13(2)17-5-8-19-18(12-17)11-14(3)16-6-9-20(10-7-16)15(4)21/h13-14,16-19H,5-12H2,1-4H3. The van der Waals surface area contributed by atoms with Crippen molar-refractivity contribution in [1.29, 1.82) is 0 Å². The molecule has 21 heavy (non-hydrogen) atoms. The highest BCUT2D eigenvalue weighted by atomic mass is 16.2. The molecule has 2 rings (SSSR count). The number of nitrogens with one attached hydrogen (secondary N) is 1. The molecule has 0 aromatic rings. The van der Waals surface area contributed by atoms with Gasteiger partial charge in [0.2, 0.25) is 5.91 Å². The van der Waals surface area contributed by atoms with Crippen LogP contribution in [0.3, 0.4) is 0 Å². The van der Waals surface area contributed by atoms with Crippen LogP contribution in [0.2, 0.25) is 0 Å². The molecule has 0 aromatic heterocycles. The molecule has 2 aliphatic rings. The summed E-state index contributed by atoms with van der Waals surface area (Å²) in [4.78, 5) is 13.4. The third-order valence-corrected chi connectivity index (χ3v) is 5.92. The second kappa shape index (κ2) is 7.62. The second-order valence-electron chi connectivity index (χ2n) is 7.74. The molecule has 3 unspecified atom stereocenters. The Labute approximate surface area is 130 Å². The summed E-state index contributed by atoms with van der Waals surface area (Å²) in [5, 5.41) is 3.74. The Morgan fingerprint density at radius 2 is 1.81 bits per heavy atom. The minimum atomic E-state index is 0.245. The zero-order valence-electron chi connectivity index (χ0n) is 14.4. The molecule has 0 bridgehead atoms. The first-order valence-electron chi connectivity index (χ1n) is 8.96. The van der Waals surface area contributed by atoms with Crippen LogP contribution in [-0.2, 0) is 4.79 Å². The number of rotatable bonds is 4. The van der Waals surface area contributed by atoms with E-state index in [1.165, 1.54) is 38.6 Å². The van der Waals surface area contributed by atoms with Crippen LogP contribution in [-0.4, -0.2) is 36.5 Å². The molecule has 1 N–H and O–H groups in total. The molecule has 3 nitrogen and oxygen atoms in total. The molecular formula is C18H34N2O. The molecule has 3 heteroatoms. The Bertz CT molecular complexity index is 334. The van der Waals surface area contributed by atoms with E-state index in [1.54, 1.807) is 6.92 Å². The van der Waals surface area contributed by atoms with Gasteiger partial charge in [0, 0.05) is 26.1 Å². The fourth-order valence-corrected chi connectivity index (χ4v) is 4.25. The molecule has 3 atom stereocenters. The summed E-state index contributed by atoms with van der Waals surface area (Å²) in [6.45, 7) is 12.0. The lowest BCUT2D eigenvalue weighted by Gasteiger charge is -2.38. The van der Waals surface area contributed by atoms with Gasteiger partial charge < -0.3 is 10.2 Å². The number of amides is 1. The van der Waals surface area contributed by atoms with Gasteiger partial charge in [-0.15, -0.1) is 0 Å². The van der Waals surface area contributed by atoms with Crippen molar-refractivity contribution in [1.82, 2.24) is 10.2 Å². The van der Waals surface area contributed by atoms with Crippen molar-refractivity contribution < 1.29 is 4.79 Å². The number of carbonyl (C=O) groups is 1.